The number of hydrogen-bond acceptors (Lipinski definition) is 3. The molecule has 4 nitrogen and oxygen atoms in total. The average molecular weight is 180 g/mol. The van der Waals surface area contributed by atoms with Gasteiger partial charge in [-0.3, -0.25) is 9.48 Å². The summed E-state index contributed by atoms with van der Waals surface area (Å²) in [6, 6.07) is 0.308. The zero-order chi connectivity index (χ0) is 9.10. The van der Waals surface area contributed by atoms with Gasteiger partial charge in [-0.2, -0.15) is 5.10 Å². The molecule has 1 atom stereocenters. The van der Waals surface area contributed by atoms with E-state index in [1.54, 1.807) is 12.4 Å². The minimum atomic E-state index is 0.308. The van der Waals surface area contributed by atoms with Crippen molar-refractivity contribution >= 4 is 6.29 Å². The molecule has 0 bridgehead atoms. The monoisotopic (exact) mass is 180 g/mol. The van der Waals surface area contributed by atoms with Crippen molar-refractivity contribution < 1.29 is 9.53 Å². The van der Waals surface area contributed by atoms with E-state index in [-0.39, 0.29) is 0 Å². The molecule has 1 fully saturated rings. The third-order valence-electron chi connectivity index (χ3n) is 2.27. The molecular formula is C9H12N2O2. The van der Waals surface area contributed by atoms with Crippen LogP contribution in [0, 0.1) is 0 Å². The number of rotatable bonds is 2. The van der Waals surface area contributed by atoms with E-state index in [4.69, 9.17) is 4.74 Å². The van der Waals surface area contributed by atoms with Crippen molar-refractivity contribution in [2.45, 2.75) is 18.9 Å². The Kier molecular flexibility index (Phi) is 2.40. The zero-order valence-electron chi connectivity index (χ0n) is 7.35. The maximum atomic E-state index is 10.4. The molecule has 0 spiro atoms. The maximum absolute atomic E-state index is 10.4. The lowest BCUT2D eigenvalue weighted by molar-refractivity contribution is 0.0549. The molecule has 0 saturated carbocycles. The highest BCUT2D eigenvalue weighted by Gasteiger charge is 2.16. The largest absolute Gasteiger partial charge is 0.379 e. The first-order valence-corrected chi connectivity index (χ1v) is 4.47. The van der Waals surface area contributed by atoms with Crippen molar-refractivity contribution in [2.75, 3.05) is 13.2 Å². The quantitative estimate of drug-likeness (QED) is 0.639. The Morgan fingerprint density at radius 3 is 3.23 bits per heavy atom. The fourth-order valence-corrected chi connectivity index (χ4v) is 1.55. The minimum absolute atomic E-state index is 0.308. The Bertz CT molecular complexity index is 290. The van der Waals surface area contributed by atoms with E-state index in [2.05, 4.69) is 5.10 Å². The number of aromatic nitrogens is 2. The molecule has 0 N–H and O–H groups in total. The first-order valence-electron chi connectivity index (χ1n) is 4.47. The molecule has 0 aromatic carbocycles. The second-order valence-electron chi connectivity index (χ2n) is 3.24. The third-order valence-corrected chi connectivity index (χ3v) is 2.27. The number of carbonyl (C=O) groups excluding carboxylic acids is 1. The van der Waals surface area contributed by atoms with Crippen LogP contribution in [0.15, 0.2) is 12.4 Å². The predicted octanol–water partition coefficient (Wildman–Crippen LogP) is 1.05. The highest BCUT2D eigenvalue weighted by atomic mass is 16.5. The minimum Gasteiger partial charge on any atom is -0.379 e. The van der Waals surface area contributed by atoms with Crippen molar-refractivity contribution in [1.29, 1.82) is 0 Å². The molecule has 1 saturated heterocycles. The smallest absolute Gasteiger partial charge is 0.153 e. The summed E-state index contributed by atoms with van der Waals surface area (Å²) in [5.74, 6) is 0. The third kappa shape index (κ3) is 1.78. The summed E-state index contributed by atoms with van der Waals surface area (Å²) in [6.45, 7) is 1.55. The van der Waals surface area contributed by atoms with Gasteiger partial charge in [0.15, 0.2) is 6.29 Å². The normalized spacial score (nSPS) is 22.9. The van der Waals surface area contributed by atoms with Crippen LogP contribution in [-0.2, 0) is 4.74 Å². The van der Waals surface area contributed by atoms with Crippen LogP contribution in [0.5, 0.6) is 0 Å². The summed E-state index contributed by atoms with van der Waals surface area (Å²) in [6.07, 6.45) is 6.32. The first kappa shape index (κ1) is 8.44. The second kappa shape index (κ2) is 3.70. The number of nitrogens with zero attached hydrogens (tertiary/aromatic N) is 2. The van der Waals surface area contributed by atoms with Crippen molar-refractivity contribution in [3.63, 3.8) is 0 Å². The van der Waals surface area contributed by atoms with Gasteiger partial charge in [0.1, 0.15) is 0 Å². The van der Waals surface area contributed by atoms with E-state index in [1.807, 2.05) is 4.68 Å². The standard InChI is InChI=1S/C9H12N2O2/c12-6-8-4-10-11(5-8)9-2-1-3-13-7-9/h4-6,9H,1-3,7H2. The lowest BCUT2D eigenvalue weighted by Crippen LogP contribution is -2.21. The van der Waals surface area contributed by atoms with Crippen LogP contribution in [0.25, 0.3) is 0 Å². The van der Waals surface area contributed by atoms with Gasteiger partial charge in [0.25, 0.3) is 0 Å². The Hall–Kier alpha value is -1.16. The zero-order valence-corrected chi connectivity index (χ0v) is 7.35. The summed E-state index contributed by atoms with van der Waals surface area (Å²) < 4.78 is 7.15. The lowest BCUT2D eigenvalue weighted by atomic mass is 10.1. The summed E-state index contributed by atoms with van der Waals surface area (Å²) >= 11 is 0. The molecule has 0 amide bonds. The van der Waals surface area contributed by atoms with E-state index >= 15 is 0 Å². The summed E-state index contributed by atoms with van der Waals surface area (Å²) in [4.78, 5) is 10.4. The Morgan fingerprint density at radius 2 is 2.62 bits per heavy atom. The first-order chi connectivity index (χ1) is 6.40. The fraction of sp³-hybridized carbons (Fsp3) is 0.556. The molecule has 1 aliphatic rings. The number of hydrogen-bond donors (Lipinski definition) is 0. The molecule has 4 heteroatoms. The van der Waals surface area contributed by atoms with E-state index in [1.165, 1.54) is 0 Å². The molecule has 1 unspecified atom stereocenters. The van der Waals surface area contributed by atoms with E-state index in [0.717, 1.165) is 25.7 Å². The van der Waals surface area contributed by atoms with Gasteiger partial charge in [-0.15, -0.1) is 0 Å². The average Bonchev–Trinajstić information content (AvgIpc) is 2.67. The molecular weight excluding hydrogens is 168 g/mol. The van der Waals surface area contributed by atoms with Crippen LogP contribution in [0.2, 0.25) is 0 Å². The topological polar surface area (TPSA) is 44.1 Å². The highest BCUT2D eigenvalue weighted by Crippen LogP contribution is 2.18. The number of aldehydes is 1. The lowest BCUT2D eigenvalue weighted by Gasteiger charge is -2.22. The van der Waals surface area contributed by atoms with Crippen LogP contribution in [-0.4, -0.2) is 29.3 Å². The van der Waals surface area contributed by atoms with Crippen molar-refractivity contribution in [3.8, 4) is 0 Å². The van der Waals surface area contributed by atoms with Gasteiger partial charge in [-0.05, 0) is 12.8 Å². The number of ether oxygens (including phenoxy) is 1. The Morgan fingerprint density at radius 1 is 1.69 bits per heavy atom. The van der Waals surface area contributed by atoms with Crippen LogP contribution >= 0.6 is 0 Å². The van der Waals surface area contributed by atoms with Gasteiger partial charge in [-0.1, -0.05) is 0 Å². The predicted molar refractivity (Wildman–Crippen MR) is 46.7 cm³/mol. The fourth-order valence-electron chi connectivity index (χ4n) is 1.55. The summed E-state index contributed by atoms with van der Waals surface area (Å²) in [5, 5.41) is 4.12. The van der Waals surface area contributed by atoms with Gasteiger partial charge in [0, 0.05) is 12.8 Å². The SMILES string of the molecule is O=Cc1cnn(C2CCCOC2)c1. The van der Waals surface area contributed by atoms with Crippen LogP contribution < -0.4 is 0 Å². The highest BCUT2D eigenvalue weighted by molar-refractivity contribution is 5.73. The maximum Gasteiger partial charge on any atom is 0.153 e. The van der Waals surface area contributed by atoms with E-state index in [0.29, 0.717) is 18.2 Å². The van der Waals surface area contributed by atoms with Gasteiger partial charge in [-0.25, -0.2) is 0 Å². The van der Waals surface area contributed by atoms with Gasteiger partial charge in [0.05, 0.1) is 24.4 Å². The molecule has 2 rings (SSSR count). The van der Waals surface area contributed by atoms with Crippen LogP contribution in [0.4, 0.5) is 0 Å². The summed E-state index contributed by atoms with van der Waals surface area (Å²) in [7, 11) is 0. The molecule has 2 heterocycles. The molecule has 0 aliphatic carbocycles. The second-order valence-corrected chi connectivity index (χ2v) is 3.24. The van der Waals surface area contributed by atoms with Crippen molar-refractivity contribution in [1.82, 2.24) is 9.78 Å². The van der Waals surface area contributed by atoms with Gasteiger partial charge < -0.3 is 4.74 Å². The molecule has 1 aromatic heterocycles. The van der Waals surface area contributed by atoms with Crippen LogP contribution in [0.1, 0.15) is 29.2 Å². The van der Waals surface area contributed by atoms with Gasteiger partial charge in [0.2, 0.25) is 0 Å². The van der Waals surface area contributed by atoms with E-state index < -0.39 is 0 Å². The molecule has 70 valence electrons. The molecule has 0 radical (unpaired) electrons. The molecule has 1 aliphatic heterocycles. The molecule has 1 aromatic rings. The van der Waals surface area contributed by atoms with Crippen LogP contribution in [0.3, 0.4) is 0 Å². The Balaban J connectivity index is 2.09. The molecule has 13 heavy (non-hydrogen) atoms. The summed E-state index contributed by atoms with van der Waals surface area (Å²) in [5.41, 5.74) is 0.630. The van der Waals surface area contributed by atoms with Crippen molar-refractivity contribution in [3.05, 3.63) is 18.0 Å². The van der Waals surface area contributed by atoms with Crippen molar-refractivity contribution in [2.24, 2.45) is 0 Å². The van der Waals surface area contributed by atoms with Gasteiger partial charge >= 0.3 is 0 Å². The Labute approximate surface area is 76.5 Å². The number of carbonyl (C=O) groups is 1. The van der Waals surface area contributed by atoms with E-state index in [9.17, 15) is 4.79 Å².